The monoisotopic (exact) mass is 381 g/mol. The number of pyridine rings is 1. The van der Waals surface area contributed by atoms with Gasteiger partial charge in [-0.3, -0.25) is 9.88 Å². The van der Waals surface area contributed by atoms with Crippen LogP contribution in [0.25, 0.3) is 10.2 Å². The van der Waals surface area contributed by atoms with Gasteiger partial charge in [0, 0.05) is 38.6 Å². The Bertz CT molecular complexity index is 921. The van der Waals surface area contributed by atoms with Gasteiger partial charge in [-0.1, -0.05) is 30.4 Å². The fourth-order valence-corrected chi connectivity index (χ4v) is 4.23. The Kier molecular flexibility index (Phi) is 5.31. The highest BCUT2D eigenvalue weighted by Crippen LogP contribution is 2.31. The molecule has 1 fully saturated rings. The minimum absolute atomic E-state index is 0.00937. The molecule has 0 unspecified atom stereocenters. The van der Waals surface area contributed by atoms with Crippen molar-refractivity contribution >= 4 is 32.7 Å². The highest BCUT2D eigenvalue weighted by molar-refractivity contribution is 7.22. The smallest absolute Gasteiger partial charge is 0.322 e. The lowest BCUT2D eigenvalue weighted by atomic mass is 10.2. The second kappa shape index (κ2) is 8.02. The van der Waals surface area contributed by atoms with Crippen molar-refractivity contribution in [2.75, 3.05) is 31.1 Å². The number of hydrogen-bond donors (Lipinski definition) is 1. The molecule has 1 N–H and O–H groups in total. The molecule has 0 radical (unpaired) electrons. The minimum Gasteiger partial charge on any atom is -0.322 e. The van der Waals surface area contributed by atoms with Crippen molar-refractivity contribution in [2.45, 2.75) is 19.9 Å². The van der Waals surface area contributed by atoms with Gasteiger partial charge in [0.1, 0.15) is 0 Å². The number of hydrogen-bond acceptors (Lipinski definition) is 5. The largest absolute Gasteiger partial charge is 0.326 e. The molecule has 0 bridgehead atoms. The molecule has 0 spiro atoms. The number of fused-ring (bicyclic) bond motifs is 1. The number of rotatable bonds is 4. The maximum atomic E-state index is 13.3. The SMILES string of the molecule is CCc1ccc2nc(N(Cc3cccnc3)C(=O)N3CCNCC3)sc2c1. The third-order valence-electron chi connectivity index (χ3n) is 4.76. The topological polar surface area (TPSA) is 61.4 Å². The predicted octanol–water partition coefficient (Wildman–Crippen LogP) is 3.29. The first kappa shape index (κ1) is 17.9. The molecule has 2 amide bonds. The molecule has 1 aromatic carbocycles. The van der Waals surface area contributed by atoms with Gasteiger partial charge < -0.3 is 10.2 Å². The molecule has 140 valence electrons. The number of carbonyl (C=O) groups is 1. The van der Waals surface area contributed by atoms with E-state index in [2.05, 4.69) is 29.4 Å². The molecular weight excluding hydrogens is 358 g/mol. The number of anilines is 1. The summed E-state index contributed by atoms with van der Waals surface area (Å²) in [6, 6.07) is 10.2. The Morgan fingerprint density at radius 2 is 2.11 bits per heavy atom. The molecule has 3 aromatic rings. The zero-order valence-corrected chi connectivity index (χ0v) is 16.2. The van der Waals surface area contributed by atoms with E-state index in [9.17, 15) is 4.79 Å². The van der Waals surface area contributed by atoms with Crippen molar-refractivity contribution in [3.8, 4) is 0 Å². The van der Waals surface area contributed by atoms with Gasteiger partial charge in [-0.25, -0.2) is 9.78 Å². The van der Waals surface area contributed by atoms with Gasteiger partial charge in [0.05, 0.1) is 16.8 Å². The number of aromatic nitrogens is 2. The van der Waals surface area contributed by atoms with Crippen LogP contribution in [-0.4, -0.2) is 47.1 Å². The number of carbonyl (C=O) groups excluding carboxylic acids is 1. The summed E-state index contributed by atoms with van der Waals surface area (Å²) in [5, 5.41) is 4.04. The van der Waals surface area contributed by atoms with Gasteiger partial charge in [-0.15, -0.1) is 0 Å². The Morgan fingerprint density at radius 3 is 2.85 bits per heavy atom. The van der Waals surface area contributed by atoms with E-state index in [-0.39, 0.29) is 6.03 Å². The summed E-state index contributed by atoms with van der Waals surface area (Å²) >= 11 is 1.58. The summed E-state index contributed by atoms with van der Waals surface area (Å²) in [5.41, 5.74) is 3.22. The van der Waals surface area contributed by atoms with Crippen LogP contribution >= 0.6 is 11.3 Å². The number of aryl methyl sites for hydroxylation is 1. The third-order valence-corrected chi connectivity index (χ3v) is 5.80. The summed E-state index contributed by atoms with van der Waals surface area (Å²) in [6.07, 6.45) is 4.54. The van der Waals surface area contributed by atoms with Gasteiger partial charge in [-0.05, 0) is 35.7 Å². The molecule has 0 aliphatic carbocycles. The number of piperazine rings is 1. The number of urea groups is 1. The normalized spacial score (nSPS) is 14.5. The summed E-state index contributed by atoms with van der Waals surface area (Å²) in [4.78, 5) is 25.9. The second-order valence-corrected chi connectivity index (χ2v) is 7.63. The van der Waals surface area contributed by atoms with E-state index in [0.29, 0.717) is 19.6 Å². The predicted molar refractivity (Wildman–Crippen MR) is 109 cm³/mol. The molecule has 4 rings (SSSR count). The van der Waals surface area contributed by atoms with Crippen LogP contribution in [0.1, 0.15) is 18.1 Å². The standard InChI is InChI=1S/C20H23N5OS/c1-2-15-5-6-17-18(12-15)27-19(23-17)25(14-16-4-3-7-22-13-16)20(26)24-10-8-21-9-11-24/h3-7,12-13,21H,2,8-11,14H2,1H3. The molecule has 2 aromatic heterocycles. The second-order valence-electron chi connectivity index (χ2n) is 6.62. The van der Waals surface area contributed by atoms with Crippen LogP contribution < -0.4 is 10.2 Å². The first-order valence-electron chi connectivity index (χ1n) is 9.30. The molecular formula is C20H23N5OS. The van der Waals surface area contributed by atoms with Gasteiger partial charge in [-0.2, -0.15) is 0 Å². The van der Waals surface area contributed by atoms with Crippen LogP contribution in [0.2, 0.25) is 0 Å². The lowest BCUT2D eigenvalue weighted by Gasteiger charge is -2.32. The van der Waals surface area contributed by atoms with Crippen molar-refractivity contribution in [3.05, 3.63) is 53.9 Å². The van der Waals surface area contributed by atoms with Gasteiger partial charge in [0.2, 0.25) is 0 Å². The average molecular weight is 382 g/mol. The Labute approximate surface area is 162 Å². The van der Waals surface area contributed by atoms with Crippen LogP contribution in [0.3, 0.4) is 0 Å². The van der Waals surface area contributed by atoms with E-state index in [1.54, 1.807) is 28.6 Å². The number of nitrogens with zero attached hydrogens (tertiary/aromatic N) is 4. The third kappa shape index (κ3) is 3.94. The minimum atomic E-state index is 0.00937. The van der Waals surface area contributed by atoms with E-state index >= 15 is 0 Å². The molecule has 1 aliphatic rings. The highest BCUT2D eigenvalue weighted by atomic mass is 32.1. The van der Waals surface area contributed by atoms with E-state index < -0.39 is 0 Å². The maximum Gasteiger partial charge on any atom is 0.326 e. The molecule has 0 saturated carbocycles. The molecule has 7 heteroatoms. The summed E-state index contributed by atoms with van der Waals surface area (Å²) in [5.74, 6) is 0. The van der Waals surface area contributed by atoms with Gasteiger partial charge in [0.15, 0.2) is 5.13 Å². The van der Waals surface area contributed by atoms with Crippen LogP contribution in [-0.2, 0) is 13.0 Å². The summed E-state index contributed by atoms with van der Waals surface area (Å²) in [6.45, 7) is 5.70. The maximum absolute atomic E-state index is 13.3. The van der Waals surface area contributed by atoms with Crippen molar-refractivity contribution in [1.82, 2.24) is 20.2 Å². The first-order valence-corrected chi connectivity index (χ1v) is 10.1. The number of benzene rings is 1. The Morgan fingerprint density at radius 1 is 1.26 bits per heavy atom. The molecule has 3 heterocycles. The fraction of sp³-hybridized carbons (Fsp3) is 0.350. The van der Waals surface area contributed by atoms with Crippen LogP contribution in [0.5, 0.6) is 0 Å². The molecule has 27 heavy (non-hydrogen) atoms. The number of thiazole rings is 1. The first-order chi connectivity index (χ1) is 13.2. The van der Waals surface area contributed by atoms with E-state index in [1.807, 2.05) is 23.1 Å². The molecule has 1 saturated heterocycles. The van der Waals surface area contributed by atoms with Crippen molar-refractivity contribution < 1.29 is 4.79 Å². The average Bonchev–Trinajstić information content (AvgIpc) is 3.15. The lowest BCUT2D eigenvalue weighted by Crippen LogP contribution is -2.51. The van der Waals surface area contributed by atoms with Gasteiger partial charge in [0.25, 0.3) is 0 Å². The lowest BCUT2D eigenvalue weighted by molar-refractivity contribution is 0.196. The van der Waals surface area contributed by atoms with Crippen LogP contribution in [0, 0.1) is 0 Å². The van der Waals surface area contributed by atoms with Crippen molar-refractivity contribution in [3.63, 3.8) is 0 Å². The summed E-state index contributed by atoms with van der Waals surface area (Å²) in [7, 11) is 0. The zero-order chi connectivity index (χ0) is 18.6. The van der Waals surface area contributed by atoms with Crippen LogP contribution in [0.15, 0.2) is 42.7 Å². The van der Waals surface area contributed by atoms with E-state index in [4.69, 9.17) is 4.98 Å². The van der Waals surface area contributed by atoms with E-state index in [0.717, 1.165) is 40.4 Å². The van der Waals surface area contributed by atoms with Crippen molar-refractivity contribution in [1.29, 1.82) is 0 Å². The Hall–Kier alpha value is -2.51. The molecule has 0 atom stereocenters. The Balaban J connectivity index is 1.69. The quantitative estimate of drug-likeness (QED) is 0.753. The number of amides is 2. The molecule has 6 nitrogen and oxygen atoms in total. The summed E-state index contributed by atoms with van der Waals surface area (Å²) < 4.78 is 1.12. The van der Waals surface area contributed by atoms with E-state index in [1.165, 1.54) is 5.56 Å². The van der Waals surface area contributed by atoms with Crippen LogP contribution in [0.4, 0.5) is 9.93 Å². The highest BCUT2D eigenvalue weighted by Gasteiger charge is 2.26. The van der Waals surface area contributed by atoms with Gasteiger partial charge >= 0.3 is 6.03 Å². The fourth-order valence-electron chi connectivity index (χ4n) is 3.21. The zero-order valence-electron chi connectivity index (χ0n) is 15.4. The van der Waals surface area contributed by atoms with Crippen molar-refractivity contribution in [2.24, 2.45) is 0 Å². The molecule has 1 aliphatic heterocycles. The number of nitrogens with one attached hydrogen (secondary N) is 1.